The van der Waals surface area contributed by atoms with Gasteiger partial charge in [-0.25, -0.2) is 0 Å². The van der Waals surface area contributed by atoms with Crippen LogP contribution >= 0.6 is 0 Å². The number of carbonyl (C=O) groups is 1. The Bertz CT molecular complexity index is 387. The van der Waals surface area contributed by atoms with E-state index in [0.29, 0.717) is 18.7 Å². The number of benzene rings is 1. The van der Waals surface area contributed by atoms with Crippen LogP contribution in [0.25, 0.3) is 0 Å². The molecule has 2 N–H and O–H groups in total. The molecule has 1 aromatic rings. The highest BCUT2D eigenvalue weighted by Gasteiger charge is 2.04. The molecule has 0 aliphatic heterocycles. The number of ether oxygens (including phenoxy) is 1. The lowest BCUT2D eigenvalue weighted by Crippen LogP contribution is -2.24. The molecule has 1 amide bonds. The van der Waals surface area contributed by atoms with Crippen LogP contribution in [0.4, 0.5) is 0 Å². The lowest BCUT2D eigenvalue weighted by molar-refractivity contribution is 0.0657. The maximum Gasteiger partial charge on any atom is 0.251 e. The predicted molar refractivity (Wildman–Crippen MR) is 79.6 cm³/mol. The Morgan fingerprint density at radius 1 is 1.20 bits per heavy atom. The minimum atomic E-state index is -0.0506. The Morgan fingerprint density at radius 2 is 1.90 bits per heavy atom. The highest BCUT2D eigenvalue weighted by Crippen LogP contribution is 2.07. The molecule has 0 radical (unpaired) electrons. The summed E-state index contributed by atoms with van der Waals surface area (Å²) in [6, 6.07) is 7.48. The minimum Gasteiger partial charge on any atom is -0.396 e. The number of aliphatic hydroxyl groups is 1. The molecule has 0 atom stereocenters. The van der Waals surface area contributed by atoms with E-state index in [9.17, 15) is 4.79 Å². The van der Waals surface area contributed by atoms with Crippen LogP contribution in [0.3, 0.4) is 0 Å². The lowest BCUT2D eigenvalue weighted by Gasteiger charge is -2.08. The van der Waals surface area contributed by atoms with Gasteiger partial charge in [-0.1, -0.05) is 12.1 Å². The summed E-state index contributed by atoms with van der Waals surface area (Å²) in [7, 11) is 0. The van der Waals surface area contributed by atoms with E-state index in [0.717, 1.165) is 24.8 Å². The molecule has 20 heavy (non-hydrogen) atoms. The van der Waals surface area contributed by atoms with Gasteiger partial charge >= 0.3 is 0 Å². The molecule has 0 saturated heterocycles. The van der Waals surface area contributed by atoms with Crippen molar-refractivity contribution >= 4 is 5.91 Å². The number of amides is 1. The van der Waals surface area contributed by atoms with E-state index < -0.39 is 0 Å². The first kappa shape index (κ1) is 16.7. The van der Waals surface area contributed by atoms with Crippen molar-refractivity contribution in [1.82, 2.24) is 5.32 Å². The van der Waals surface area contributed by atoms with Gasteiger partial charge in [0.05, 0.1) is 12.7 Å². The molecule has 0 bridgehead atoms. The largest absolute Gasteiger partial charge is 0.396 e. The monoisotopic (exact) mass is 279 g/mol. The summed E-state index contributed by atoms with van der Waals surface area (Å²) in [6.45, 7) is 5.43. The van der Waals surface area contributed by atoms with Crippen LogP contribution in [0.15, 0.2) is 24.3 Å². The van der Waals surface area contributed by atoms with Gasteiger partial charge in [-0.2, -0.15) is 0 Å². The number of hydrogen-bond acceptors (Lipinski definition) is 3. The molecule has 1 aromatic carbocycles. The molecule has 4 nitrogen and oxygen atoms in total. The maximum atomic E-state index is 11.9. The zero-order chi connectivity index (χ0) is 14.8. The standard InChI is InChI=1S/C16H25NO3/c1-13(2)20-12-14-6-8-15(9-7-14)16(19)17-10-4-3-5-11-18/h6-9,13,18H,3-5,10-12H2,1-2H3,(H,17,19). The Morgan fingerprint density at radius 3 is 2.50 bits per heavy atom. The second kappa shape index (κ2) is 9.50. The third kappa shape index (κ3) is 6.68. The van der Waals surface area contributed by atoms with Crippen molar-refractivity contribution in [2.24, 2.45) is 0 Å². The summed E-state index contributed by atoms with van der Waals surface area (Å²) < 4.78 is 5.51. The van der Waals surface area contributed by atoms with Gasteiger partial charge in [0.15, 0.2) is 0 Å². The number of unbranched alkanes of at least 4 members (excludes halogenated alkanes) is 2. The molecule has 0 unspecified atom stereocenters. The van der Waals surface area contributed by atoms with Gasteiger partial charge in [0, 0.05) is 18.7 Å². The van der Waals surface area contributed by atoms with E-state index >= 15 is 0 Å². The Labute approximate surface area is 121 Å². The van der Waals surface area contributed by atoms with E-state index in [1.54, 1.807) is 0 Å². The molecule has 0 fully saturated rings. The average molecular weight is 279 g/mol. The highest BCUT2D eigenvalue weighted by molar-refractivity contribution is 5.94. The van der Waals surface area contributed by atoms with Crippen LogP contribution in [-0.4, -0.2) is 30.3 Å². The van der Waals surface area contributed by atoms with Gasteiger partial charge in [-0.05, 0) is 50.8 Å². The van der Waals surface area contributed by atoms with E-state index in [1.807, 2.05) is 38.1 Å². The third-order valence-electron chi connectivity index (χ3n) is 2.92. The topological polar surface area (TPSA) is 58.6 Å². The fourth-order valence-electron chi connectivity index (χ4n) is 1.73. The summed E-state index contributed by atoms with van der Waals surface area (Å²) >= 11 is 0. The number of aliphatic hydroxyl groups excluding tert-OH is 1. The summed E-state index contributed by atoms with van der Waals surface area (Å²) in [4.78, 5) is 11.9. The van der Waals surface area contributed by atoms with E-state index in [-0.39, 0.29) is 18.6 Å². The molecule has 0 aliphatic carbocycles. The minimum absolute atomic E-state index is 0.0506. The maximum absolute atomic E-state index is 11.9. The van der Waals surface area contributed by atoms with Crippen LogP contribution in [0, 0.1) is 0 Å². The van der Waals surface area contributed by atoms with E-state index in [2.05, 4.69) is 5.32 Å². The Kier molecular flexibility index (Phi) is 7.92. The van der Waals surface area contributed by atoms with E-state index in [4.69, 9.17) is 9.84 Å². The molecule has 0 spiro atoms. The SMILES string of the molecule is CC(C)OCc1ccc(C(=O)NCCCCCO)cc1. The fraction of sp³-hybridized carbons (Fsp3) is 0.562. The van der Waals surface area contributed by atoms with Gasteiger partial charge in [-0.15, -0.1) is 0 Å². The molecule has 0 aromatic heterocycles. The molecule has 0 saturated carbocycles. The van der Waals surface area contributed by atoms with Gasteiger partial charge in [0.1, 0.15) is 0 Å². The van der Waals surface area contributed by atoms with Crippen molar-refractivity contribution in [3.8, 4) is 0 Å². The number of rotatable bonds is 9. The van der Waals surface area contributed by atoms with E-state index in [1.165, 1.54) is 0 Å². The van der Waals surface area contributed by atoms with Crippen molar-refractivity contribution in [2.45, 2.75) is 45.8 Å². The predicted octanol–water partition coefficient (Wildman–Crippen LogP) is 2.50. The molecule has 1 rings (SSSR count). The second-order valence-electron chi connectivity index (χ2n) is 5.10. The van der Waals surface area contributed by atoms with Crippen molar-refractivity contribution in [2.75, 3.05) is 13.2 Å². The first-order valence-electron chi connectivity index (χ1n) is 7.23. The van der Waals surface area contributed by atoms with Crippen LogP contribution in [0.2, 0.25) is 0 Å². The number of nitrogens with one attached hydrogen (secondary N) is 1. The summed E-state index contributed by atoms with van der Waals surface area (Å²) in [5.41, 5.74) is 1.73. The van der Waals surface area contributed by atoms with Crippen LogP contribution < -0.4 is 5.32 Å². The second-order valence-corrected chi connectivity index (χ2v) is 5.10. The summed E-state index contributed by atoms with van der Waals surface area (Å²) in [6.07, 6.45) is 2.83. The molecular weight excluding hydrogens is 254 g/mol. The molecule has 4 heteroatoms. The zero-order valence-corrected chi connectivity index (χ0v) is 12.4. The highest BCUT2D eigenvalue weighted by atomic mass is 16.5. The molecular formula is C16H25NO3. The van der Waals surface area contributed by atoms with Crippen LogP contribution in [0.5, 0.6) is 0 Å². The molecule has 0 heterocycles. The first-order chi connectivity index (χ1) is 9.63. The Hall–Kier alpha value is -1.39. The number of hydrogen-bond donors (Lipinski definition) is 2. The first-order valence-corrected chi connectivity index (χ1v) is 7.23. The molecule has 0 aliphatic rings. The quantitative estimate of drug-likeness (QED) is 0.683. The lowest BCUT2D eigenvalue weighted by atomic mass is 10.1. The van der Waals surface area contributed by atoms with Crippen LogP contribution in [0.1, 0.15) is 49.0 Å². The molecule has 112 valence electrons. The smallest absolute Gasteiger partial charge is 0.251 e. The summed E-state index contributed by atoms with van der Waals surface area (Å²) in [5.74, 6) is -0.0506. The van der Waals surface area contributed by atoms with Crippen LogP contribution in [-0.2, 0) is 11.3 Å². The van der Waals surface area contributed by atoms with Gasteiger partial charge in [-0.3, -0.25) is 4.79 Å². The third-order valence-corrected chi connectivity index (χ3v) is 2.92. The normalized spacial score (nSPS) is 10.8. The van der Waals surface area contributed by atoms with Crippen molar-refractivity contribution in [3.05, 3.63) is 35.4 Å². The van der Waals surface area contributed by atoms with Gasteiger partial charge in [0.2, 0.25) is 0 Å². The summed E-state index contributed by atoms with van der Waals surface area (Å²) in [5, 5.41) is 11.5. The average Bonchev–Trinajstić information content (AvgIpc) is 2.45. The Balaban J connectivity index is 2.33. The number of carbonyl (C=O) groups excluding carboxylic acids is 1. The van der Waals surface area contributed by atoms with Crippen molar-refractivity contribution in [3.63, 3.8) is 0 Å². The van der Waals surface area contributed by atoms with Gasteiger partial charge in [0.25, 0.3) is 5.91 Å². The zero-order valence-electron chi connectivity index (χ0n) is 12.4. The van der Waals surface area contributed by atoms with Gasteiger partial charge < -0.3 is 15.2 Å². The van der Waals surface area contributed by atoms with Crippen molar-refractivity contribution < 1.29 is 14.6 Å². The fourth-order valence-corrected chi connectivity index (χ4v) is 1.73. The van der Waals surface area contributed by atoms with Crippen molar-refractivity contribution in [1.29, 1.82) is 0 Å².